The number of carbonyl (C=O) groups excluding carboxylic acids is 2. The number of benzene rings is 3. The van der Waals surface area contributed by atoms with Crippen molar-refractivity contribution >= 4 is 17.9 Å². The van der Waals surface area contributed by atoms with Crippen LogP contribution >= 0.6 is 0 Å². The van der Waals surface area contributed by atoms with Crippen LogP contribution < -0.4 is 14.8 Å². The molecule has 3 aliphatic rings. The number of ether oxygens (including phenoxy) is 6. The molecular weight excluding hydrogens is 847 g/mol. The molecule has 6 rings (SSSR count). The van der Waals surface area contributed by atoms with E-state index in [2.05, 4.69) is 18.0 Å². The molecule has 0 spiro atoms. The van der Waals surface area contributed by atoms with Crippen LogP contribution in [0.4, 0.5) is 9.59 Å². The second-order valence-electron chi connectivity index (χ2n) is 16.6. The molecule has 0 aromatic heterocycles. The van der Waals surface area contributed by atoms with E-state index in [-0.39, 0.29) is 90.2 Å². The largest absolute Gasteiger partial charge is 0.459 e. The molecule has 6 atom stereocenters. The molecule has 3 aromatic carbocycles. The first kappa shape index (κ1) is 50.1. The number of amides is 2. The van der Waals surface area contributed by atoms with E-state index in [0.717, 1.165) is 47.9 Å². The minimum Gasteiger partial charge on any atom is -0.459 e. The molecule has 0 radical (unpaired) electrons. The van der Waals surface area contributed by atoms with Crippen molar-refractivity contribution in [2.24, 2.45) is 22.9 Å². The molecule has 3 aromatic rings. The summed E-state index contributed by atoms with van der Waals surface area (Å²) in [6.07, 6.45) is 7.01. The predicted octanol–water partition coefficient (Wildman–Crippen LogP) is 7.29. The third kappa shape index (κ3) is 13.0. The van der Waals surface area contributed by atoms with Gasteiger partial charge in [0.25, 0.3) is 0 Å². The molecule has 4 N–H and O–H groups in total. The Morgan fingerprint density at radius 3 is 2.30 bits per heavy atom. The van der Waals surface area contributed by atoms with Crippen LogP contribution in [0.15, 0.2) is 108 Å². The topological polar surface area (TPSA) is 187 Å². The number of hydrogen-bond acceptors (Lipinski definition) is 13. The number of fused-ring (bicyclic) bond motifs is 2. The Morgan fingerprint density at radius 2 is 1.61 bits per heavy atom. The van der Waals surface area contributed by atoms with Gasteiger partial charge in [-0.15, -0.1) is 6.58 Å². The van der Waals surface area contributed by atoms with Crippen LogP contribution in [0.2, 0.25) is 0 Å². The molecule has 2 amide bonds. The van der Waals surface area contributed by atoms with Gasteiger partial charge in [-0.1, -0.05) is 90.8 Å². The van der Waals surface area contributed by atoms with Gasteiger partial charge in [0, 0.05) is 44.2 Å². The van der Waals surface area contributed by atoms with E-state index in [1.807, 2.05) is 73.7 Å². The van der Waals surface area contributed by atoms with E-state index in [4.69, 9.17) is 38.4 Å². The van der Waals surface area contributed by atoms with Crippen molar-refractivity contribution in [2.75, 3.05) is 65.9 Å². The number of oxime groups is 1. The lowest BCUT2D eigenvalue weighted by atomic mass is 9.55. The standard InChI is InChI=1S/C51H67N3O12/c1-3-27-63-51-46(54(23-28-60-29-26-57)50(59)62-31-30-61-35-37-15-7-5-8-16-37)34-44(53-64-36-38-17-9-6-10-18-38)42-32-39(19-11-13-24-55)41(20-12-14-25-56)47(48(42)51)43-33-40(21-22-45(43)66-51)65-49(58)52-4-2/h3,5-10,15-18,21-22,32-33,39,41,46-48,55-57H,1,4,11-14,19-20,23-31,34-36H2,2H3,(H,52,58). The van der Waals surface area contributed by atoms with Crippen LogP contribution in [0.25, 0.3) is 0 Å². The molecule has 0 saturated heterocycles. The van der Waals surface area contributed by atoms with E-state index >= 15 is 0 Å². The van der Waals surface area contributed by atoms with Gasteiger partial charge in [0.05, 0.1) is 51.3 Å². The number of unbranched alkanes of at least 4 members (excludes halogenated alkanes) is 2. The van der Waals surface area contributed by atoms with Crippen molar-refractivity contribution in [1.82, 2.24) is 10.2 Å². The molecule has 1 heterocycles. The van der Waals surface area contributed by atoms with Crippen LogP contribution in [0.1, 0.15) is 74.5 Å². The molecule has 1 aliphatic heterocycles. The second-order valence-corrected chi connectivity index (χ2v) is 16.6. The van der Waals surface area contributed by atoms with Gasteiger partial charge in [-0.2, -0.15) is 0 Å². The van der Waals surface area contributed by atoms with Gasteiger partial charge < -0.3 is 53.9 Å². The molecular formula is C51H67N3O12. The van der Waals surface area contributed by atoms with Gasteiger partial charge in [0.1, 0.15) is 30.8 Å². The summed E-state index contributed by atoms with van der Waals surface area (Å²) in [6.45, 7) is 7.00. The van der Waals surface area contributed by atoms with E-state index in [0.29, 0.717) is 43.2 Å². The number of aliphatic hydroxyl groups excluding tert-OH is 3. The fraction of sp³-hybridized carbons (Fsp3) is 0.510. The van der Waals surface area contributed by atoms with Crippen molar-refractivity contribution in [1.29, 1.82) is 0 Å². The van der Waals surface area contributed by atoms with Gasteiger partial charge in [0.2, 0.25) is 5.79 Å². The molecule has 15 heteroatoms. The van der Waals surface area contributed by atoms with Crippen LogP contribution in [0, 0.1) is 17.8 Å². The molecule has 358 valence electrons. The summed E-state index contributed by atoms with van der Waals surface area (Å²) in [6, 6.07) is 23.9. The third-order valence-corrected chi connectivity index (χ3v) is 12.3. The van der Waals surface area contributed by atoms with Crippen LogP contribution in [-0.2, 0) is 37.0 Å². The smallest absolute Gasteiger partial charge is 0.412 e. The quantitative estimate of drug-likeness (QED) is 0.0341. The highest BCUT2D eigenvalue weighted by Gasteiger charge is 2.65. The number of rotatable bonds is 27. The second kappa shape index (κ2) is 26.2. The highest BCUT2D eigenvalue weighted by molar-refractivity contribution is 6.03. The Morgan fingerprint density at radius 1 is 0.879 bits per heavy atom. The van der Waals surface area contributed by atoms with E-state index < -0.39 is 29.9 Å². The highest BCUT2D eigenvalue weighted by atomic mass is 16.7. The minimum atomic E-state index is -1.57. The number of nitrogens with zero attached hydrogens (tertiary/aromatic N) is 2. The first-order valence-electron chi connectivity index (χ1n) is 23.3. The molecule has 6 unspecified atom stereocenters. The molecule has 1 saturated carbocycles. The number of hydrogen-bond donors (Lipinski definition) is 4. The molecule has 0 bridgehead atoms. The molecule has 1 fully saturated rings. The van der Waals surface area contributed by atoms with Crippen molar-refractivity contribution < 1.29 is 58.2 Å². The van der Waals surface area contributed by atoms with Crippen molar-refractivity contribution in [3.05, 3.63) is 120 Å². The predicted molar refractivity (Wildman–Crippen MR) is 248 cm³/mol. The minimum absolute atomic E-state index is 0.0118. The Hall–Kier alpha value is -5.29. The molecule has 66 heavy (non-hydrogen) atoms. The normalized spacial score (nSPS) is 22.3. The summed E-state index contributed by atoms with van der Waals surface area (Å²) in [5.41, 5.74) is 4.17. The highest BCUT2D eigenvalue weighted by Crippen LogP contribution is 2.62. The number of aliphatic hydroxyl groups is 3. The van der Waals surface area contributed by atoms with Crippen LogP contribution in [0.5, 0.6) is 11.5 Å². The number of allylic oxidation sites excluding steroid dienone is 1. The first-order chi connectivity index (χ1) is 32.4. The maximum Gasteiger partial charge on any atom is 0.412 e. The van der Waals surface area contributed by atoms with Gasteiger partial charge >= 0.3 is 12.2 Å². The van der Waals surface area contributed by atoms with Crippen molar-refractivity contribution in [2.45, 2.75) is 82.8 Å². The van der Waals surface area contributed by atoms with E-state index in [1.54, 1.807) is 23.1 Å². The molecule has 2 aliphatic carbocycles. The van der Waals surface area contributed by atoms with E-state index in [9.17, 15) is 24.9 Å². The Balaban J connectivity index is 1.50. The third-order valence-electron chi connectivity index (χ3n) is 12.3. The lowest BCUT2D eigenvalue weighted by molar-refractivity contribution is -0.256. The average molecular weight is 914 g/mol. The van der Waals surface area contributed by atoms with Crippen LogP contribution in [-0.4, -0.2) is 116 Å². The lowest BCUT2D eigenvalue weighted by Gasteiger charge is -2.59. The maximum atomic E-state index is 14.7. The zero-order valence-corrected chi connectivity index (χ0v) is 38.1. The fourth-order valence-corrected chi connectivity index (χ4v) is 9.50. The summed E-state index contributed by atoms with van der Waals surface area (Å²) >= 11 is 0. The van der Waals surface area contributed by atoms with Gasteiger partial charge in [-0.3, -0.25) is 4.90 Å². The van der Waals surface area contributed by atoms with E-state index in [1.165, 1.54) is 0 Å². The summed E-state index contributed by atoms with van der Waals surface area (Å²) < 4.78 is 37.8. The van der Waals surface area contributed by atoms with Crippen molar-refractivity contribution in [3.8, 4) is 11.5 Å². The zero-order chi connectivity index (χ0) is 46.6. The van der Waals surface area contributed by atoms with Crippen molar-refractivity contribution in [3.63, 3.8) is 0 Å². The summed E-state index contributed by atoms with van der Waals surface area (Å²) in [5, 5.41) is 37.1. The Bertz CT molecular complexity index is 2030. The summed E-state index contributed by atoms with van der Waals surface area (Å²) in [7, 11) is 0. The monoisotopic (exact) mass is 913 g/mol. The van der Waals surface area contributed by atoms with Gasteiger partial charge in [0.15, 0.2) is 0 Å². The Kier molecular flexibility index (Phi) is 19.9. The SMILES string of the molecule is C=CCOC12Oc3ccc(OC(=O)NCC)cc3C3C(CCCCO)C(CCCCO)C=C(C(=NOCc4ccccc4)CC1N(CCOCCO)C(=O)OCCOCc1ccccc1)C32. The zero-order valence-electron chi connectivity index (χ0n) is 38.1. The first-order valence-corrected chi connectivity index (χ1v) is 23.3. The average Bonchev–Trinajstić information content (AvgIpc) is 3.33. The summed E-state index contributed by atoms with van der Waals surface area (Å²) in [5.74, 6) is -1.78. The Labute approximate surface area is 388 Å². The fourth-order valence-electron chi connectivity index (χ4n) is 9.50. The maximum absolute atomic E-state index is 14.7. The van der Waals surface area contributed by atoms with Crippen LogP contribution in [0.3, 0.4) is 0 Å². The van der Waals surface area contributed by atoms with Gasteiger partial charge in [-0.05, 0) is 79.3 Å². The number of carbonyl (C=O) groups is 2. The lowest BCUT2D eigenvalue weighted by Crippen LogP contribution is -2.70. The van der Waals surface area contributed by atoms with Gasteiger partial charge in [-0.25, -0.2) is 9.59 Å². The number of nitrogens with one attached hydrogen (secondary N) is 1. The molecule has 15 nitrogen and oxygen atoms in total. The summed E-state index contributed by atoms with van der Waals surface area (Å²) in [4.78, 5) is 35.3.